The standard InChI is InChI=1S/C23H26FN5O2/c1-12-17-9-15(24)6-7-16(17)23(30)29(3)11-18(27-2)20(21(25)13-4-5-13)14-8-19(31-12)22(26)28-10-14/h6-10,12-13H,4-5,11,25H2,1-3H3,(H2,26,28). The number of benzene rings is 1. The van der Waals surface area contributed by atoms with E-state index in [0.29, 0.717) is 22.6 Å². The van der Waals surface area contributed by atoms with Crippen molar-refractivity contribution in [1.82, 2.24) is 9.88 Å². The van der Waals surface area contributed by atoms with E-state index in [4.69, 9.17) is 16.2 Å². The minimum Gasteiger partial charge on any atom is -0.482 e. The second kappa shape index (κ2) is 8.02. The summed E-state index contributed by atoms with van der Waals surface area (Å²) < 4.78 is 20.1. The van der Waals surface area contributed by atoms with Gasteiger partial charge in [0.15, 0.2) is 11.6 Å². The summed E-state index contributed by atoms with van der Waals surface area (Å²) in [6.45, 7) is 1.99. The molecule has 1 amide bonds. The Morgan fingerprint density at radius 3 is 2.74 bits per heavy atom. The zero-order valence-electron chi connectivity index (χ0n) is 17.9. The second-order valence-electron chi connectivity index (χ2n) is 8.04. The number of halogens is 1. The van der Waals surface area contributed by atoms with Gasteiger partial charge in [0.05, 0.1) is 12.3 Å². The summed E-state index contributed by atoms with van der Waals surface area (Å²) in [6, 6.07) is 5.85. The molecule has 1 fully saturated rings. The molecule has 31 heavy (non-hydrogen) atoms. The quantitative estimate of drug-likeness (QED) is 0.733. The van der Waals surface area contributed by atoms with Crippen molar-refractivity contribution in [1.29, 1.82) is 0 Å². The number of ether oxygens (including phenoxy) is 1. The van der Waals surface area contributed by atoms with Gasteiger partial charge >= 0.3 is 0 Å². The molecule has 1 aromatic heterocycles. The highest BCUT2D eigenvalue weighted by Crippen LogP contribution is 2.39. The molecule has 1 aliphatic heterocycles. The third kappa shape index (κ3) is 3.97. The summed E-state index contributed by atoms with van der Waals surface area (Å²) in [7, 11) is 3.36. The molecule has 2 heterocycles. The van der Waals surface area contributed by atoms with Gasteiger partial charge in [-0.3, -0.25) is 9.79 Å². The van der Waals surface area contributed by atoms with Crippen LogP contribution in [0, 0.1) is 11.7 Å². The Kier molecular flexibility index (Phi) is 5.39. The van der Waals surface area contributed by atoms with E-state index in [1.165, 1.54) is 18.2 Å². The first-order valence-electron chi connectivity index (χ1n) is 10.2. The van der Waals surface area contributed by atoms with Crippen LogP contribution in [0.5, 0.6) is 5.75 Å². The molecule has 162 valence electrons. The second-order valence-corrected chi connectivity index (χ2v) is 8.04. The fourth-order valence-corrected chi connectivity index (χ4v) is 3.87. The number of anilines is 1. The van der Waals surface area contributed by atoms with Crippen molar-refractivity contribution >= 4 is 23.0 Å². The van der Waals surface area contributed by atoms with E-state index in [1.807, 2.05) is 0 Å². The Labute approximate surface area is 180 Å². The Bertz CT molecular complexity index is 1110. The first kappa shape index (κ1) is 20.8. The van der Waals surface area contributed by atoms with Gasteiger partial charge in [-0.05, 0) is 49.9 Å². The number of nitrogens with zero attached hydrogens (tertiary/aromatic N) is 3. The number of allylic oxidation sites excluding steroid dienone is 1. The molecule has 1 saturated carbocycles. The van der Waals surface area contributed by atoms with Gasteiger partial charge in [0.2, 0.25) is 0 Å². The Hall–Kier alpha value is -3.42. The lowest BCUT2D eigenvalue weighted by Gasteiger charge is -2.26. The molecule has 2 aliphatic rings. The zero-order chi connectivity index (χ0) is 22.3. The number of rotatable bonds is 1. The van der Waals surface area contributed by atoms with E-state index in [2.05, 4.69) is 9.98 Å². The molecule has 0 radical (unpaired) electrons. The molecular formula is C23H26FN5O2. The average Bonchev–Trinajstić information content (AvgIpc) is 3.59. The number of carbonyl (C=O) groups excluding carboxylic acids is 1. The van der Waals surface area contributed by atoms with Crippen LogP contribution in [0.4, 0.5) is 10.2 Å². The molecule has 8 heteroatoms. The zero-order valence-corrected chi connectivity index (χ0v) is 17.9. The molecule has 2 aromatic rings. The van der Waals surface area contributed by atoms with Gasteiger partial charge in [-0.25, -0.2) is 9.37 Å². The summed E-state index contributed by atoms with van der Waals surface area (Å²) in [5.41, 5.74) is 16.3. The summed E-state index contributed by atoms with van der Waals surface area (Å²) in [5.74, 6) is 0.123. The Morgan fingerprint density at radius 1 is 1.32 bits per heavy atom. The fraction of sp³-hybridized carbons (Fsp3) is 0.348. The van der Waals surface area contributed by atoms with E-state index in [1.54, 1.807) is 38.2 Å². The lowest BCUT2D eigenvalue weighted by Crippen LogP contribution is -2.34. The third-order valence-corrected chi connectivity index (χ3v) is 5.75. The highest BCUT2D eigenvalue weighted by Gasteiger charge is 2.31. The van der Waals surface area contributed by atoms with Gasteiger partial charge in [0.1, 0.15) is 11.9 Å². The normalized spacial score (nSPS) is 22.3. The van der Waals surface area contributed by atoms with E-state index < -0.39 is 11.9 Å². The van der Waals surface area contributed by atoms with Crippen LogP contribution >= 0.6 is 0 Å². The monoisotopic (exact) mass is 423 g/mol. The number of nitrogens with two attached hydrogens (primary N) is 2. The number of nitrogen functional groups attached to an aromatic ring is 1. The minimum atomic E-state index is -0.630. The number of hydrogen-bond acceptors (Lipinski definition) is 6. The molecule has 1 atom stereocenters. The number of pyridine rings is 1. The largest absolute Gasteiger partial charge is 0.482 e. The smallest absolute Gasteiger partial charge is 0.254 e. The van der Waals surface area contributed by atoms with Crippen molar-refractivity contribution in [3.8, 4) is 5.75 Å². The lowest BCUT2D eigenvalue weighted by atomic mass is 9.96. The molecule has 4 rings (SSSR count). The van der Waals surface area contributed by atoms with E-state index in [0.717, 1.165) is 29.7 Å². The molecule has 1 aliphatic carbocycles. The van der Waals surface area contributed by atoms with Gasteiger partial charge in [-0.2, -0.15) is 0 Å². The SMILES string of the molecule is CN=C1CN(C)C(=O)c2ccc(F)cc2C(C)Oc2cc(cnc2N)C1=C(N)C1CC1. The molecule has 4 N–H and O–H groups in total. The number of fused-ring (bicyclic) bond motifs is 3. The van der Waals surface area contributed by atoms with Crippen LogP contribution in [0.15, 0.2) is 41.2 Å². The van der Waals surface area contributed by atoms with Crippen LogP contribution in [0.2, 0.25) is 0 Å². The summed E-state index contributed by atoms with van der Waals surface area (Å²) >= 11 is 0. The Morgan fingerprint density at radius 2 is 2.06 bits per heavy atom. The summed E-state index contributed by atoms with van der Waals surface area (Å²) in [5, 5.41) is 0. The van der Waals surface area contributed by atoms with Crippen LogP contribution in [0.25, 0.3) is 5.57 Å². The van der Waals surface area contributed by atoms with Gasteiger partial charge in [0, 0.05) is 48.3 Å². The highest BCUT2D eigenvalue weighted by molar-refractivity contribution is 6.26. The van der Waals surface area contributed by atoms with Gasteiger partial charge < -0.3 is 21.1 Å². The number of aliphatic imine (C=N–C) groups is 1. The molecule has 0 saturated heterocycles. The number of amides is 1. The molecular weight excluding hydrogens is 397 g/mol. The van der Waals surface area contributed by atoms with Crippen molar-refractivity contribution in [2.45, 2.75) is 25.9 Å². The van der Waals surface area contributed by atoms with Crippen molar-refractivity contribution in [3.05, 3.63) is 58.7 Å². The lowest BCUT2D eigenvalue weighted by molar-refractivity contribution is 0.0810. The number of carbonyl (C=O) groups is 1. The average molecular weight is 423 g/mol. The maximum absolute atomic E-state index is 14.0. The topological polar surface area (TPSA) is 107 Å². The first-order valence-corrected chi connectivity index (χ1v) is 10.2. The molecule has 1 unspecified atom stereocenters. The predicted molar refractivity (Wildman–Crippen MR) is 118 cm³/mol. The number of aromatic nitrogens is 1. The predicted octanol–water partition coefficient (Wildman–Crippen LogP) is 3.18. The maximum atomic E-state index is 14.0. The van der Waals surface area contributed by atoms with Gasteiger partial charge in [0.25, 0.3) is 5.91 Å². The summed E-state index contributed by atoms with van der Waals surface area (Å²) in [4.78, 5) is 23.6. The van der Waals surface area contributed by atoms with Crippen molar-refractivity contribution in [3.63, 3.8) is 0 Å². The van der Waals surface area contributed by atoms with Crippen LogP contribution in [-0.2, 0) is 0 Å². The first-order chi connectivity index (χ1) is 14.8. The molecule has 0 spiro atoms. The van der Waals surface area contributed by atoms with E-state index in [-0.39, 0.29) is 24.2 Å². The minimum absolute atomic E-state index is 0.202. The molecule has 1 aromatic carbocycles. The highest BCUT2D eigenvalue weighted by atomic mass is 19.1. The van der Waals surface area contributed by atoms with Crippen molar-refractivity contribution < 1.29 is 13.9 Å². The van der Waals surface area contributed by atoms with Crippen LogP contribution < -0.4 is 16.2 Å². The van der Waals surface area contributed by atoms with Gasteiger partial charge in [-0.15, -0.1) is 0 Å². The van der Waals surface area contributed by atoms with Crippen LogP contribution in [-0.4, -0.2) is 42.1 Å². The third-order valence-electron chi connectivity index (χ3n) is 5.75. The number of hydrogen-bond donors (Lipinski definition) is 2. The van der Waals surface area contributed by atoms with E-state index >= 15 is 0 Å². The van der Waals surface area contributed by atoms with Crippen LogP contribution in [0.1, 0.15) is 47.4 Å². The van der Waals surface area contributed by atoms with Crippen LogP contribution in [0.3, 0.4) is 0 Å². The van der Waals surface area contributed by atoms with Gasteiger partial charge in [-0.1, -0.05) is 0 Å². The molecule has 7 nitrogen and oxygen atoms in total. The van der Waals surface area contributed by atoms with E-state index in [9.17, 15) is 9.18 Å². The summed E-state index contributed by atoms with van der Waals surface area (Å²) in [6.07, 6.45) is 3.05. The fourth-order valence-electron chi connectivity index (χ4n) is 3.87. The molecule has 2 bridgehead atoms. The Balaban J connectivity index is 1.93. The van der Waals surface area contributed by atoms with Crippen molar-refractivity contribution in [2.24, 2.45) is 16.6 Å². The van der Waals surface area contributed by atoms with Crippen molar-refractivity contribution in [2.75, 3.05) is 26.4 Å². The maximum Gasteiger partial charge on any atom is 0.254 e.